The largest absolute Gasteiger partial charge is 0.457 e. The van der Waals surface area contributed by atoms with Crippen LogP contribution < -0.4 is 15.8 Å². The Balaban J connectivity index is 1.78. The lowest BCUT2D eigenvalue weighted by Crippen LogP contribution is -2.17. The maximum Gasteiger partial charge on any atom is 0.416 e. The van der Waals surface area contributed by atoms with Crippen LogP contribution in [0.3, 0.4) is 0 Å². The number of nitrogens with one attached hydrogen (secondary N) is 1. The van der Waals surface area contributed by atoms with Crippen molar-refractivity contribution in [1.29, 1.82) is 0 Å². The molecule has 0 atom stereocenters. The first-order valence-corrected chi connectivity index (χ1v) is 8.85. The number of amides is 2. The van der Waals surface area contributed by atoms with Gasteiger partial charge in [-0.05, 0) is 48.0 Å². The molecule has 0 unspecified atom stereocenters. The molecule has 30 heavy (non-hydrogen) atoms. The molecule has 0 radical (unpaired) electrons. The first-order valence-electron chi connectivity index (χ1n) is 8.85. The number of carbonyl (C=O) groups is 2. The van der Waals surface area contributed by atoms with E-state index in [9.17, 15) is 22.8 Å². The second-order valence-electron chi connectivity index (χ2n) is 6.41. The van der Waals surface area contributed by atoms with Gasteiger partial charge in [-0.1, -0.05) is 30.3 Å². The van der Waals surface area contributed by atoms with Crippen LogP contribution >= 0.6 is 0 Å². The van der Waals surface area contributed by atoms with Gasteiger partial charge in [0.05, 0.1) is 12.0 Å². The number of nitrogens with two attached hydrogens (primary N) is 1. The van der Waals surface area contributed by atoms with Crippen LogP contribution in [0.4, 0.5) is 18.9 Å². The molecule has 0 fully saturated rings. The monoisotopic (exact) mass is 414 g/mol. The SMILES string of the molecule is NC(=O)Cc1ccccc1NC(=O)c1cccc(Oc2cccc(C(F)(F)F)c2)c1. The molecule has 0 bridgehead atoms. The maximum atomic E-state index is 12.9. The minimum absolute atomic E-state index is 0.00538. The number of para-hydroxylation sites is 1. The Hall–Kier alpha value is -3.81. The average molecular weight is 414 g/mol. The molecule has 0 saturated heterocycles. The average Bonchev–Trinajstić information content (AvgIpc) is 2.69. The van der Waals surface area contributed by atoms with Crippen LogP contribution in [0.2, 0.25) is 0 Å². The maximum absolute atomic E-state index is 12.9. The molecule has 2 amide bonds. The van der Waals surface area contributed by atoms with Gasteiger partial charge in [0.25, 0.3) is 5.91 Å². The number of hydrogen-bond donors (Lipinski definition) is 2. The van der Waals surface area contributed by atoms with Crippen molar-refractivity contribution < 1.29 is 27.5 Å². The highest BCUT2D eigenvalue weighted by Crippen LogP contribution is 2.32. The number of hydrogen-bond acceptors (Lipinski definition) is 3. The molecule has 5 nitrogen and oxygen atoms in total. The second kappa shape index (κ2) is 8.69. The zero-order chi connectivity index (χ0) is 21.7. The zero-order valence-corrected chi connectivity index (χ0v) is 15.6. The van der Waals surface area contributed by atoms with E-state index in [1.807, 2.05) is 0 Å². The highest BCUT2D eigenvalue weighted by molar-refractivity contribution is 6.05. The molecule has 8 heteroatoms. The molecule has 154 valence electrons. The summed E-state index contributed by atoms with van der Waals surface area (Å²) in [5, 5.41) is 2.70. The van der Waals surface area contributed by atoms with E-state index < -0.39 is 23.6 Å². The van der Waals surface area contributed by atoms with Crippen molar-refractivity contribution in [2.45, 2.75) is 12.6 Å². The molecular weight excluding hydrogens is 397 g/mol. The van der Waals surface area contributed by atoms with E-state index in [4.69, 9.17) is 10.5 Å². The number of ether oxygens (including phenoxy) is 1. The van der Waals surface area contributed by atoms with Gasteiger partial charge in [0.2, 0.25) is 5.91 Å². The summed E-state index contributed by atoms with van der Waals surface area (Å²) in [6.45, 7) is 0. The van der Waals surface area contributed by atoms with Crippen molar-refractivity contribution >= 4 is 17.5 Å². The fraction of sp³-hybridized carbons (Fsp3) is 0.0909. The van der Waals surface area contributed by atoms with Gasteiger partial charge in [-0.3, -0.25) is 9.59 Å². The lowest BCUT2D eigenvalue weighted by Gasteiger charge is -2.12. The third-order valence-corrected chi connectivity index (χ3v) is 4.12. The molecule has 0 aliphatic rings. The minimum atomic E-state index is -4.49. The third kappa shape index (κ3) is 5.38. The third-order valence-electron chi connectivity index (χ3n) is 4.12. The predicted molar refractivity (Wildman–Crippen MR) is 105 cm³/mol. The highest BCUT2D eigenvalue weighted by Gasteiger charge is 2.30. The van der Waals surface area contributed by atoms with Crippen molar-refractivity contribution in [1.82, 2.24) is 0 Å². The van der Waals surface area contributed by atoms with Gasteiger partial charge >= 0.3 is 6.18 Å². The van der Waals surface area contributed by atoms with Crippen LogP contribution in [0.1, 0.15) is 21.5 Å². The van der Waals surface area contributed by atoms with Crippen molar-refractivity contribution in [3.05, 3.63) is 89.5 Å². The molecule has 0 saturated carbocycles. The van der Waals surface area contributed by atoms with E-state index >= 15 is 0 Å². The number of alkyl halides is 3. The van der Waals surface area contributed by atoms with Crippen LogP contribution in [0.15, 0.2) is 72.8 Å². The quantitative estimate of drug-likeness (QED) is 0.609. The van der Waals surface area contributed by atoms with Gasteiger partial charge in [-0.25, -0.2) is 0 Å². The van der Waals surface area contributed by atoms with E-state index in [1.54, 1.807) is 30.3 Å². The first kappa shape index (κ1) is 20.9. The topological polar surface area (TPSA) is 81.4 Å². The molecule has 0 spiro atoms. The van der Waals surface area contributed by atoms with Crippen LogP contribution in [0.25, 0.3) is 0 Å². The summed E-state index contributed by atoms with van der Waals surface area (Å²) in [6, 6.07) is 17.2. The van der Waals surface area contributed by atoms with Crippen LogP contribution in [0, 0.1) is 0 Å². The Labute approximate surface area is 170 Å². The van der Waals surface area contributed by atoms with Gasteiger partial charge in [0, 0.05) is 11.3 Å². The first-order chi connectivity index (χ1) is 14.2. The van der Waals surface area contributed by atoms with Crippen molar-refractivity contribution in [3.63, 3.8) is 0 Å². The Morgan fingerprint density at radius 1 is 0.900 bits per heavy atom. The Bertz CT molecular complexity index is 1080. The molecule has 0 heterocycles. The van der Waals surface area contributed by atoms with E-state index in [1.165, 1.54) is 30.3 Å². The fourth-order valence-electron chi connectivity index (χ4n) is 2.75. The summed E-state index contributed by atoms with van der Waals surface area (Å²) in [4.78, 5) is 23.8. The van der Waals surface area contributed by atoms with Crippen molar-refractivity contribution in [2.75, 3.05) is 5.32 Å². The van der Waals surface area contributed by atoms with Crippen molar-refractivity contribution in [3.8, 4) is 11.5 Å². The molecule has 0 aliphatic heterocycles. The summed E-state index contributed by atoms with van der Waals surface area (Å²) in [7, 11) is 0. The summed E-state index contributed by atoms with van der Waals surface area (Å²) < 4.78 is 44.1. The van der Waals surface area contributed by atoms with Gasteiger partial charge in [-0.2, -0.15) is 13.2 Å². The van der Waals surface area contributed by atoms with Crippen LogP contribution in [0.5, 0.6) is 11.5 Å². The summed E-state index contributed by atoms with van der Waals surface area (Å²) in [5.74, 6) is -0.809. The number of primary amides is 1. The molecule has 3 aromatic rings. The summed E-state index contributed by atoms with van der Waals surface area (Å²) in [5.41, 5.74) is 5.62. The molecule has 3 N–H and O–H groups in total. The van der Waals surface area contributed by atoms with E-state index in [0.717, 1.165) is 12.1 Å². The van der Waals surface area contributed by atoms with Gasteiger partial charge < -0.3 is 15.8 Å². The number of halogens is 3. The standard InChI is InChI=1S/C22H17F3N2O3/c23-22(24,25)16-7-4-9-18(13-16)30-17-8-3-6-15(11-17)21(29)27-19-10-2-1-5-14(19)12-20(26)28/h1-11,13H,12H2,(H2,26,28)(H,27,29). The number of anilines is 1. The fourth-order valence-corrected chi connectivity index (χ4v) is 2.75. The van der Waals surface area contributed by atoms with E-state index in [2.05, 4.69) is 5.32 Å². The lowest BCUT2D eigenvalue weighted by molar-refractivity contribution is -0.137. The van der Waals surface area contributed by atoms with Gasteiger partial charge in [0.15, 0.2) is 0 Å². The molecule has 0 aliphatic carbocycles. The normalized spacial score (nSPS) is 11.0. The summed E-state index contributed by atoms with van der Waals surface area (Å²) >= 11 is 0. The minimum Gasteiger partial charge on any atom is -0.457 e. The number of carbonyl (C=O) groups excluding carboxylic acids is 2. The van der Waals surface area contributed by atoms with Crippen molar-refractivity contribution in [2.24, 2.45) is 5.73 Å². The van der Waals surface area contributed by atoms with Crippen LogP contribution in [-0.2, 0) is 17.4 Å². The predicted octanol–water partition coefficient (Wildman–Crippen LogP) is 4.78. The smallest absolute Gasteiger partial charge is 0.416 e. The molecule has 0 aromatic heterocycles. The molecule has 3 rings (SSSR count). The molecule has 3 aromatic carbocycles. The zero-order valence-electron chi connectivity index (χ0n) is 15.6. The van der Waals surface area contributed by atoms with E-state index in [0.29, 0.717) is 11.3 Å². The van der Waals surface area contributed by atoms with Gasteiger partial charge in [-0.15, -0.1) is 0 Å². The number of benzene rings is 3. The second-order valence-corrected chi connectivity index (χ2v) is 6.41. The number of rotatable bonds is 6. The lowest BCUT2D eigenvalue weighted by atomic mass is 10.1. The van der Waals surface area contributed by atoms with Gasteiger partial charge in [0.1, 0.15) is 11.5 Å². The highest BCUT2D eigenvalue weighted by atomic mass is 19.4. The van der Waals surface area contributed by atoms with Crippen LogP contribution in [-0.4, -0.2) is 11.8 Å². The van der Waals surface area contributed by atoms with E-state index in [-0.39, 0.29) is 23.5 Å². The molecular formula is C22H17F3N2O3. The Morgan fingerprint density at radius 2 is 1.57 bits per heavy atom. The summed E-state index contributed by atoms with van der Waals surface area (Å²) in [6.07, 6.45) is -4.52. The Morgan fingerprint density at radius 3 is 2.27 bits per heavy atom. The Kier molecular flexibility index (Phi) is 6.06.